The number of hydrogen-bond donors (Lipinski definition) is 3. The fraction of sp³-hybridized carbons (Fsp3) is 0.481. The molecule has 3 aromatic rings. The predicted octanol–water partition coefficient (Wildman–Crippen LogP) is 3.63. The van der Waals surface area contributed by atoms with E-state index in [4.69, 9.17) is 19.5 Å². The fourth-order valence-corrected chi connectivity index (χ4v) is 5.85. The number of nitrogens with zero attached hydrogens (tertiary/aromatic N) is 5. The molecule has 0 bridgehead atoms. The minimum atomic E-state index is -3.95. The number of esters is 1. The van der Waals surface area contributed by atoms with Crippen molar-refractivity contribution >= 4 is 36.6 Å². The third-order valence-electron chi connectivity index (χ3n) is 6.28. The van der Waals surface area contributed by atoms with Gasteiger partial charge in [-0.05, 0) is 53.4 Å². The minimum Gasteiger partial charge on any atom is -0.462 e. The highest BCUT2D eigenvalue weighted by Gasteiger charge is 2.34. The van der Waals surface area contributed by atoms with Crippen LogP contribution >= 0.6 is 7.75 Å². The average molecular weight is 587 g/mol. The number of likely N-dealkylation sites (N-methyl/N-ethyl adjacent to an activating group) is 1. The van der Waals surface area contributed by atoms with E-state index in [0.29, 0.717) is 35.7 Å². The van der Waals surface area contributed by atoms with E-state index in [2.05, 4.69) is 30.3 Å². The van der Waals surface area contributed by atoms with Crippen LogP contribution in [0, 0.1) is 5.92 Å². The molecule has 0 aliphatic heterocycles. The van der Waals surface area contributed by atoms with E-state index in [-0.39, 0.29) is 30.6 Å². The Labute approximate surface area is 240 Å². The van der Waals surface area contributed by atoms with E-state index in [1.165, 1.54) is 0 Å². The Balaban J connectivity index is 1.44. The van der Waals surface area contributed by atoms with Crippen molar-refractivity contribution in [1.29, 1.82) is 0 Å². The molecule has 2 aromatic heterocycles. The number of para-hydroxylation sites is 1. The summed E-state index contributed by atoms with van der Waals surface area (Å²) in [4.78, 5) is 27.8. The summed E-state index contributed by atoms with van der Waals surface area (Å²) < 4.78 is 32.6. The maximum atomic E-state index is 13.8. The molecule has 0 fully saturated rings. The van der Waals surface area contributed by atoms with Crippen LogP contribution in [0.2, 0.25) is 0 Å². The number of carbonyl (C=O) groups is 1. The second-order valence-corrected chi connectivity index (χ2v) is 12.2. The molecule has 0 saturated carbocycles. The lowest BCUT2D eigenvalue weighted by Gasteiger charge is -2.24. The van der Waals surface area contributed by atoms with E-state index in [9.17, 15) is 9.36 Å². The number of rotatable bonds is 14. The standard InChI is InChI=1S/C27H39N8O5P/c1-18(2)39-26(36)19(3)33-41(37,40-22-9-7-6-8-10-22)38-16-20-11-12-21(15-20)35-17-30-23-24(29-13-14-34(4)5)31-27(28)32-25(23)35/h6-12,17-21H,13-16H2,1-5H3,(H,33,37)(H3,28,29,31,32)/t19-,20+,21-,41+/m0/s1. The largest absolute Gasteiger partial charge is 0.462 e. The Hall–Kier alpha value is -3.51. The highest BCUT2D eigenvalue weighted by molar-refractivity contribution is 7.52. The SMILES string of the molecule is CC(C)OC(=O)[C@H](C)N[P@@](=O)(OC[C@@H]1C=C[C@H](n2cnc3c(NCCN(C)C)nc(N)nc32)C1)Oc1ccccc1. The van der Waals surface area contributed by atoms with Crippen LogP contribution in [0.15, 0.2) is 48.8 Å². The van der Waals surface area contributed by atoms with Crippen molar-refractivity contribution in [2.24, 2.45) is 5.92 Å². The number of benzene rings is 1. The molecule has 2 heterocycles. The number of allylic oxidation sites excluding steroid dienone is 1. The molecule has 0 spiro atoms. The summed E-state index contributed by atoms with van der Waals surface area (Å²) in [5.41, 5.74) is 7.28. The van der Waals surface area contributed by atoms with Gasteiger partial charge in [-0.15, -0.1) is 0 Å². The Kier molecular flexibility index (Phi) is 9.98. The van der Waals surface area contributed by atoms with Crippen molar-refractivity contribution in [3.05, 3.63) is 48.8 Å². The number of nitrogen functional groups attached to an aromatic ring is 1. The number of nitrogens with one attached hydrogen (secondary N) is 2. The summed E-state index contributed by atoms with van der Waals surface area (Å²) >= 11 is 0. The first-order valence-electron chi connectivity index (χ1n) is 13.6. The third-order valence-corrected chi connectivity index (χ3v) is 7.93. The number of hydrogen-bond acceptors (Lipinski definition) is 11. The van der Waals surface area contributed by atoms with Gasteiger partial charge in [-0.1, -0.05) is 30.4 Å². The topological polar surface area (TPSA) is 159 Å². The Morgan fingerprint density at radius 1 is 1.20 bits per heavy atom. The normalized spacial score (nSPS) is 19.0. The molecule has 13 nitrogen and oxygen atoms in total. The number of carbonyl (C=O) groups excluding carboxylic acids is 1. The van der Waals surface area contributed by atoms with E-state index in [0.717, 1.165) is 6.54 Å². The summed E-state index contributed by atoms with van der Waals surface area (Å²) in [7, 11) is 0.0442. The van der Waals surface area contributed by atoms with Gasteiger partial charge in [0.1, 0.15) is 11.8 Å². The molecule has 0 saturated heterocycles. The highest BCUT2D eigenvalue weighted by Crippen LogP contribution is 2.46. The van der Waals surface area contributed by atoms with E-state index in [1.54, 1.807) is 51.4 Å². The van der Waals surface area contributed by atoms with Gasteiger partial charge in [0.25, 0.3) is 0 Å². The van der Waals surface area contributed by atoms with Crippen LogP contribution in [0.5, 0.6) is 5.75 Å². The van der Waals surface area contributed by atoms with Gasteiger partial charge < -0.3 is 29.8 Å². The average Bonchev–Trinajstić information content (AvgIpc) is 3.54. The number of nitrogens with two attached hydrogens (primary N) is 1. The molecule has 4 N–H and O–H groups in total. The molecule has 1 aromatic carbocycles. The van der Waals surface area contributed by atoms with Crippen LogP contribution in [-0.2, 0) is 18.6 Å². The van der Waals surface area contributed by atoms with Gasteiger partial charge in [-0.3, -0.25) is 9.32 Å². The smallest absolute Gasteiger partial charge is 0.459 e. The van der Waals surface area contributed by atoms with E-state index < -0.39 is 19.8 Å². The maximum Gasteiger partial charge on any atom is 0.459 e. The fourth-order valence-electron chi connectivity index (χ4n) is 4.31. The van der Waals surface area contributed by atoms with Crippen LogP contribution in [-0.4, -0.2) is 76.3 Å². The molecule has 4 rings (SSSR count). The van der Waals surface area contributed by atoms with Gasteiger partial charge >= 0.3 is 13.7 Å². The van der Waals surface area contributed by atoms with Crippen LogP contribution in [0.25, 0.3) is 11.2 Å². The van der Waals surface area contributed by atoms with Gasteiger partial charge in [-0.2, -0.15) is 15.1 Å². The quantitative estimate of drug-likeness (QED) is 0.143. The zero-order valence-corrected chi connectivity index (χ0v) is 25.0. The van der Waals surface area contributed by atoms with Gasteiger partial charge in [0, 0.05) is 19.0 Å². The van der Waals surface area contributed by atoms with Gasteiger partial charge in [-0.25, -0.2) is 9.55 Å². The summed E-state index contributed by atoms with van der Waals surface area (Å²) in [5, 5.41) is 6.02. The monoisotopic (exact) mass is 586 g/mol. The maximum absolute atomic E-state index is 13.8. The summed E-state index contributed by atoms with van der Waals surface area (Å²) in [6.07, 6.45) is 6.09. The summed E-state index contributed by atoms with van der Waals surface area (Å²) in [6, 6.07) is 7.69. The Morgan fingerprint density at radius 2 is 1.95 bits per heavy atom. The van der Waals surface area contributed by atoms with Gasteiger partial charge in [0.2, 0.25) is 5.95 Å². The molecule has 0 amide bonds. The van der Waals surface area contributed by atoms with Gasteiger partial charge in [0.15, 0.2) is 17.0 Å². The number of anilines is 2. The van der Waals surface area contributed by atoms with Crippen LogP contribution in [0.3, 0.4) is 0 Å². The second-order valence-electron chi connectivity index (χ2n) is 10.5. The van der Waals surface area contributed by atoms with Crippen molar-refractivity contribution < 1.29 is 23.1 Å². The lowest BCUT2D eigenvalue weighted by Crippen LogP contribution is -2.36. The molecule has 4 atom stereocenters. The van der Waals surface area contributed by atoms with Crippen LogP contribution < -0.4 is 20.7 Å². The van der Waals surface area contributed by atoms with Crippen molar-refractivity contribution in [2.75, 3.05) is 44.8 Å². The Morgan fingerprint density at radius 3 is 2.66 bits per heavy atom. The Bertz CT molecular complexity index is 1400. The molecule has 41 heavy (non-hydrogen) atoms. The van der Waals surface area contributed by atoms with Crippen LogP contribution in [0.4, 0.5) is 11.8 Å². The zero-order valence-electron chi connectivity index (χ0n) is 24.1. The van der Waals surface area contributed by atoms with E-state index in [1.807, 2.05) is 36.9 Å². The predicted molar refractivity (Wildman–Crippen MR) is 158 cm³/mol. The van der Waals surface area contributed by atoms with Crippen molar-refractivity contribution in [1.82, 2.24) is 29.5 Å². The molecule has 1 aliphatic carbocycles. The third kappa shape index (κ3) is 8.26. The van der Waals surface area contributed by atoms with Crippen molar-refractivity contribution in [3.63, 3.8) is 0 Å². The lowest BCUT2D eigenvalue weighted by atomic mass is 10.1. The summed E-state index contributed by atoms with van der Waals surface area (Å²) in [6.45, 7) is 6.65. The van der Waals surface area contributed by atoms with E-state index >= 15 is 0 Å². The van der Waals surface area contributed by atoms with Crippen LogP contribution in [0.1, 0.15) is 33.2 Å². The van der Waals surface area contributed by atoms with Gasteiger partial charge in [0.05, 0.1) is 25.1 Å². The van der Waals surface area contributed by atoms with Crippen molar-refractivity contribution in [2.45, 2.75) is 45.4 Å². The molecule has 14 heteroatoms. The number of aromatic nitrogens is 4. The molecule has 0 unspecified atom stereocenters. The second kappa shape index (κ2) is 13.4. The lowest BCUT2D eigenvalue weighted by molar-refractivity contribution is -0.149. The highest BCUT2D eigenvalue weighted by atomic mass is 31.2. The number of imidazole rings is 1. The summed E-state index contributed by atoms with van der Waals surface area (Å²) in [5.74, 6) is 0.463. The molecule has 222 valence electrons. The zero-order chi connectivity index (χ0) is 29.6. The molecular weight excluding hydrogens is 547 g/mol. The number of fused-ring (bicyclic) bond motifs is 1. The molecular formula is C27H39N8O5P. The minimum absolute atomic E-state index is 0.0696. The first kappa shape index (κ1) is 30.4. The van der Waals surface area contributed by atoms with Crippen molar-refractivity contribution in [3.8, 4) is 5.75 Å². The number of ether oxygens (including phenoxy) is 1. The first-order chi connectivity index (χ1) is 19.5. The molecule has 0 radical (unpaired) electrons. The molecule has 1 aliphatic rings. The first-order valence-corrected chi connectivity index (χ1v) is 15.1.